The predicted molar refractivity (Wildman–Crippen MR) is 100 cm³/mol. The van der Waals surface area contributed by atoms with Crippen LogP contribution in [-0.2, 0) is 9.53 Å². The second-order valence-corrected chi connectivity index (χ2v) is 6.31. The van der Waals surface area contributed by atoms with Gasteiger partial charge in [0.2, 0.25) is 0 Å². The molecule has 1 aromatic rings. The van der Waals surface area contributed by atoms with Crippen molar-refractivity contribution in [1.82, 2.24) is 0 Å². The van der Waals surface area contributed by atoms with Gasteiger partial charge in [-0.3, -0.25) is 4.79 Å². The molecule has 130 valence electrons. The van der Waals surface area contributed by atoms with E-state index in [-0.39, 0.29) is 11.9 Å². The Morgan fingerprint density at radius 2 is 2.12 bits per heavy atom. The lowest BCUT2D eigenvalue weighted by molar-refractivity contribution is -0.143. The molecule has 1 heterocycles. The molecule has 0 radical (unpaired) electrons. The molecule has 0 aromatic heterocycles. The van der Waals surface area contributed by atoms with Crippen molar-refractivity contribution in [2.45, 2.75) is 6.42 Å². The minimum Gasteiger partial charge on any atom is -0.469 e. The number of nitrogens with two attached hydrogens (primary N) is 1. The fourth-order valence-corrected chi connectivity index (χ4v) is 3.47. The highest BCUT2D eigenvalue weighted by Crippen LogP contribution is 2.42. The van der Waals surface area contributed by atoms with E-state index >= 15 is 0 Å². The first-order valence-corrected chi connectivity index (χ1v) is 8.34. The first-order valence-electron chi connectivity index (χ1n) is 8.34. The molecule has 4 rings (SSSR count). The first kappa shape index (κ1) is 16.1. The molecule has 0 saturated heterocycles. The van der Waals surface area contributed by atoms with Gasteiger partial charge in [0.15, 0.2) is 0 Å². The summed E-state index contributed by atoms with van der Waals surface area (Å²) in [7, 11) is 1.40. The van der Waals surface area contributed by atoms with Crippen molar-refractivity contribution < 1.29 is 13.9 Å². The Morgan fingerprint density at radius 1 is 1.27 bits per heavy atom. The van der Waals surface area contributed by atoms with Crippen LogP contribution in [0.15, 0.2) is 59.0 Å². The van der Waals surface area contributed by atoms with Crippen LogP contribution < -0.4 is 11.1 Å². The second kappa shape index (κ2) is 6.19. The first-order chi connectivity index (χ1) is 12.6. The highest BCUT2D eigenvalue weighted by Gasteiger charge is 2.29. The summed E-state index contributed by atoms with van der Waals surface area (Å²) in [5.74, 6) is -0.0630. The number of esters is 1. The van der Waals surface area contributed by atoms with Gasteiger partial charge in [0.1, 0.15) is 11.3 Å². The van der Waals surface area contributed by atoms with Gasteiger partial charge in [0, 0.05) is 34.3 Å². The topological polar surface area (TPSA) is 89.3 Å². The molecular formula is C21H18N2O3. The molecule has 5 heteroatoms. The number of carbonyl (C=O) groups is 1. The fraction of sp³-hybridized carbons (Fsp3) is 0.143. The number of benzene rings is 2. The largest absolute Gasteiger partial charge is 0.469 e. The van der Waals surface area contributed by atoms with Crippen molar-refractivity contribution in [3.8, 4) is 11.3 Å². The molecule has 1 atom stereocenters. The molecule has 0 bridgehead atoms. The lowest BCUT2D eigenvalue weighted by Crippen LogP contribution is -2.19. The van der Waals surface area contributed by atoms with Crippen molar-refractivity contribution in [2.24, 2.45) is 5.92 Å². The number of nitrogens with one attached hydrogen (secondary N) is 1. The standard InChI is InChI=1S/C21H18N2O3/c1-25-21(24)15-5-3-2-4-14(15)20-16-8-6-12(22)10-18(16)26-19-11-13(23)7-9-17(19)20/h2-4,6-11,15,22H,5,23H2,1H3. The average molecular weight is 346 g/mol. The van der Waals surface area contributed by atoms with Gasteiger partial charge >= 0.3 is 5.97 Å². The van der Waals surface area contributed by atoms with Crippen molar-refractivity contribution in [3.63, 3.8) is 0 Å². The van der Waals surface area contributed by atoms with Crippen LogP contribution in [0.2, 0.25) is 0 Å². The number of allylic oxidation sites excluding steroid dienone is 3. The predicted octanol–water partition coefficient (Wildman–Crippen LogP) is 3.73. The SMILES string of the molecule is COC(=O)C1CC=CC=C1c1c2ccc(=N)cc-2oc2cc(N)ccc12. The zero-order chi connectivity index (χ0) is 18.3. The van der Waals surface area contributed by atoms with Gasteiger partial charge in [0.05, 0.1) is 18.4 Å². The Bertz CT molecular complexity index is 1110. The number of fused-ring (bicyclic) bond motifs is 2. The molecule has 1 aliphatic heterocycles. The number of carbonyl (C=O) groups excluding carboxylic acids is 1. The van der Waals surface area contributed by atoms with Crippen LogP contribution in [0.4, 0.5) is 5.69 Å². The van der Waals surface area contributed by atoms with Crippen LogP contribution in [0.3, 0.4) is 0 Å². The molecule has 0 saturated carbocycles. The second-order valence-electron chi connectivity index (χ2n) is 6.31. The van der Waals surface area contributed by atoms with Gasteiger partial charge in [-0.15, -0.1) is 0 Å². The van der Waals surface area contributed by atoms with E-state index < -0.39 is 0 Å². The molecular weight excluding hydrogens is 328 g/mol. The summed E-state index contributed by atoms with van der Waals surface area (Å²) < 4.78 is 11.0. The van der Waals surface area contributed by atoms with E-state index in [0.717, 1.165) is 22.1 Å². The molecule has 3 N–H and O–H groups in total. The summed E-state index contributed by atoms with van der Waals surface area (Å²) in [6.07, 6.45) is 6.44. The molecule has 0 fully saturated rings. The minimum absolute atomic E-state index is 0.268. The number of anilines is 1. The highest BCUT2D eigenvalue weighted by atomic mass is 16.5. The molecule has 0 spiro atoms. The molecule has 2 aliphatic carbocycles. The summed E-state index contributed by atoms with van der Waals surface area (Å²) in [6, 6.07) is 10.7. The summed E-state index contributed by atoms with van der Waals surface area (Å²) in [4.78, 5) is 12.4. The smallest absolute Gasteiger partial charge is 0.313 e. The normalized spacial score (nSPS) is 16.7. The molecule has 1 unspecified atom stereocenters. The van der Waals surface area contributed by atoms with Crippen LogP contribution in [0.1, 0.15) is 12.0 Å². The van der Waals surface area contributed by atoms with Crippen molar-refractivity contribution >= 4 is 28.2 Å². The summed E-state index contributed by atoms with van der Waals surface area (Å²) in [5, 5.41) is 9.13. The van der Waals surface area contributed by atoms with Gasteiger partial charge < -0.3 is 20.3 Å². The average Bonchev–Trinajstić information content (AvgIpc) is 2.65. The van der Waals surface area contributed by atoms with Gasteiger partial charge in [-0.05, 0) is 36.3 Å². The Hall–Kier alpha value is -3.34. The summed E-state index contributed by atoms with van der Waals surface area (Å²) in [5.41, 5.74) is 9.80. The maximum atomic E-state index is 12.4. The van der Waals surface area contributed by atoms with E-state index in [2.05, 4.69) is 0 Å². The van der Waals surface area contributed by atoms with Crippen LogP contribution >= 0.6 is 0 Å². The zero-order valence-corrected chi connectivity index (χ0v) is 14.3. The van der Waals surface area contributed by atoms with Gasteiger partial charge in [-0.1, -0.05) is 18.2 Å². The third kappa shape index (κ3) is 2.58. The van der Waals surface area contributed by atoms with Crippen LogP contribution in [-0.4, -0.2) is 13.1 Å². The van der Waals surface area contributed by atoms with E-state index in [1.807, 2.05) is 36.4 Å². The third-order valence-electron chi connectivity index (χ3n) is 4.68. The van der Waals surface area contributed by atoms with Crippen molar-refractivity contribution in [3.05, 3.63) is 65.5 Å². The van der Waals surface area contributed by atoms with Gasteiger partial charge in [-0.2, -0.15) is 0 Å². The molecule has 3 aliphatic rings. The number of rotatable bonds is 2. The number of hydrogen-bond donors (Lipinski definition) is 2. The van der Waals surface area contributed by atoms with Gasteiger partial charge in [0.25, 0.3) is 0 Å². The Morgan fingerprint density at radius 3 is 2.92 bits per heavy atom. The lowest BCUT2D eigenvalue weighted by Gasteiger charge is -2.24. The lowest BCUT2D eigenvalue weighted by atomic mass is 9.82. The van der Waals surface area contributed by atoms with E-state index in [9.17, 15) is 4.79 Å². The highest BCUT2D eigenvalue weighted by molar-refractivity contribution is 6.03. The van der Waals surface area contributed by atoms with Crippen molar-refractivity contribution in [2.75, 3.05) is 12.8 Å². The molecule has 0 amide bonds. The van der Waals surface area contributed by atoms with Crippen LogP contribution in [0.25, 0.3) is 27.9 Å². The van der Waals surface area contributed by atoms with Gasteiger partial charge in [-0.25, -0.2) is 0 Å². The third-order valence-corrected chi connectivity index (χ3v) is 4.68. The molecule has 5 nitrogen and oxygen atoms in total. The Labute approximate surface area is 150 Å². The maximum Gasteiger partial charge on any atom is 0.313 e. The summed E-state index contributed by atoms with van der Waals surface area (Å²) in [6.45, 7) is 0. The maximum absolute atomic E-state index is 12.4. The van der Waals surface area contributed by atoms with Crippen LogP contribution in [0.5, 0.6) is 0 Å². The number of methoxy groups -OCH3 is 1. The summed E-state index contributed by atoms with van der Waals surface area (Å²) >= 11 is 0. The molecule has 26 heavy (non-hydrogen) atoms. The number of nitrogen functional groups attached to an aromatic ring is 1. The fourth-order valence-electron chi connectivity index (χ4n) is 3.47. The van der Waals surface area contributed by atoms with Crippen molar-refractivity contribution in [1.29, 1.82) is 5.41 Å². The van der Waals surface area contributed by atoms with Crippen LogP contribution in [0, 0.1) is 11.3 Å². The Kier molecular flexibility index (Phi) is 3.84. The molecule has 1 aromatic carbocycles. The number of hydrogen-bond acceptors (Lipinski definition) is 5. The monoisotopic (exact) mass is 346 g/mol. The number of ether oxygens (including phenoxy) is 1. The zero-order valence-electron chi connectivity index (χ0n) is 14.3. The van der Waals surface area contributed by atoms with E-state index in [1.54, 1.807) is 18.2 Å². The van der Waals surface area contributed by atoms with E-state index in [4.69, 9.17) is 20.3 Å². The quantitative estimate of drug-likeness (QED) is 0.420. The minimum atomic E-state index is -0.382. The van der Waals surface area contributed by atoms with E-state index in [0.29, 0.717) is 28.8 Å². The van der Waals surface area contributed by atoms with E-state index in [1.165, 1.54) is 7.11 Å². The Balaban J connectivity index is 2.09.